The van der Waals surface area contributed by atoms with Gasteiger partial charge in [0.2, 0.25) is 11.9 Å². The van der Waals surface area contributed by atoms with Gasteiger partial charge >= 0.3 is 0 Å². The fourth-order valence-corrected chi connectivity index (χ4v) is 2.46. The van der Waals surface area contributed by atoms with Gasteiger partial charge in [-0.15, -0.1) is 0 Å². The predicted octanol–water partition coefficient (Wildman–Crippen LogP) is 3.48. The van der Waals surface area contributed by atoms with Crippen LogP contribution >= 0.6 is 0 Å². The van der Waals surface area contributed by atoms with Crippen LogP contribution in [0.4, 0.5) is 16.3 Å². The maximum atomic E-state index is 13.5. The third-order valence-corrected chi connectivity index (χ3v) is 3.54. The first-order valence-corrected chi connectivity index (χ1v) is 7.98. The van der Waals surface area contributed by atoms with E-state index in [-0.39, 0.29) is 23.8 Å². The van der Waals surface area contributed by atoms with E-state index in [1.54, 1.807) is 0 Å². The lowest BCUT2D eigenvalue weighted by Gasteiger charge is -2.30. The fourth-order valence-electron chi connectivity index (χ4n) is 2.46. The minimum absolute atomic E-state index is 0.000445. The van der Waals surface area contributed by atoms with Crippen molar-refractivity contribution in [1.29, 1.82) is 0 Å². The van der Waals surface area contributed by atoms with Crippen LogP contribution in [0, 0.1) is 0 Å². The normalized spacial score (nSPS) is 21.0. The summed E-state index contributed by atoms with van der Waals surface area (Å²) in [6, 6.07) is -0.0515. The molecule has 0 aliphatic carbocycles. The standard InChI is InChI=1S/C17H24FN5O/c1-5-6-7-12-13(8-9-24-14(12)10(2)3)20-17-22-15(11(4)18)21-16(19)23-17/h5-7,11,13H,8-9H2,1-4H3,(H3,19,20,21,22,23)/b6-5+,12-7-. The molecule has 7 heteroatoms. The molecule has 1 aromatic heterocycles. The lowest BCUT2D eigenvalue weighted by atomic mass is 9.96. The van der Waals surface area contributed by atoms with E-state index in [2.05, 4.69) is 20.3 Å². The van der Waals surface area contributed by atoms with Crippen LogP contribution in [-0.2, 0) is 4.74 Å². The number of hydrogen-bond donors (Lipinski definition) is 2. The summed E-state index contributed by atoms with van der Waals surface area (Å²) in [5.41, 5.74) is 7.76. The number of ether oxygens (including phenoxy) is 1. The summed E-state index contributed by atoms with van der Waals surface area (Å²) in [7, 11) is 0. The second kappa shape index (κ2) is 7.90. The van der Waals surface area contributed by atoms with Crippen LogP contribution in [0.15, 0.2) is 35.1 Å². The van der Waals surface area contributed by atoms with Crippen LogP contribution in [0.1, 0.15) is 46.1 Å². The van der Waals surface area contributed by atoms with Crippen molar-refractivity contribution in [2.45, 2.75) is 46.3 Å². The summed E-state index contributed by atoms with van der Waals surface area (Å²) in [6.07, 6.45) is 5.34. The number of rotatable bonds is 4. The maximum Gasteiger partial charge on any atom is 0.228 e. The number of anilines is 2. The van der Waals surface area contributed by atoms with Crippen LogP contribution in [0.3, 0.4) is 0 Å². The van der Waals surface area contributed by atoms with Gasteiger partial charge in [0.1, 0.15) is 5.76 Å². The highest BCUT2D eigenvalue weighted by atomic mass is 19.1. The average Bonchev–Trinajstić information content (AvgIpc) is 2.52. The Morgan fingerprint density at radius 2 is 2.12 bits per heavy atom. The molecular formula is C17H24FN5O. The van der Waals surface area contributed by atoms with Gasteiger partial charge in [0.05, 0.1) is 12.6 Å². The van der Waals surface area contributed by atoms with E-state index in [4.69, 9.17) is 10.5 Å². The van der Waals surface area contributed by atoms with Crippen molar-refractivity contribution < 1.29 is 9.13 Å². The molecule has 0 saturated carbocycles. The van der Waals surface area contributed by atoms with Crippen molar-refractivity contribution >= 4 is 11.9 Å². The Morgan fingerprint density at radius 3 is 2.75 bits per heavy atom. The molecule has 0 bridgehead atoms. The van der Waals surface area contributed by atoms with Gasteiger partial charge in [-0.1, -0.05) is 18.2 Å². The smallest absolute Gasteiger partial charge is 0.228 e. The van der Waals surface area contributed by atoms with Gasteiger partial charge in [-0.25, -0.2) is 4.39 Å². The van der Waals surface area contributed by atoms with E-state index in [0.29, 0.717) is 6.61 Å². The van der Waals surface area contributed by atoms with E-state index in [1.807, 2.05) is 39.0 Å². The average molecular weight is 333 g/mol. The number of nitrogen functional groups attached to an aromatic ring is 1. The highest BCUT2D eigenvalue weighted by Gasteiger charge is 2.26. The van der Waals surface area contributed by atoms with Crippen LogP contribution < -0.4 is 11.1 Å². The summed E-state index contributed by atoms with van der Waals surface area (Å²) in [6.45, 7) is 7.91. The van der Waals surface area contributed by atoms with Crippen molar-refractivity contribution in [3.8, 4) is 0 Å². The molecule has 0 spiro atoms. The Morgan fingerprint density at radius 1 is 1.38 bits per heavy atom. The van der Waals surface area contributed by atoms with E-state index >= 15 is 0 Å². The van der Waals surface area contributed by atoms with Crippen molar-refractivity contribution in [3.05, 3.63) is 41.0 Å². The van der Waals surface area contributed by atoms with Crippen molar-refractivity contribution in [2.75, 3.05) is 17.7 Å². The summed E-state index contributed by atoms with van der Waals surface area (Å²) < 4.78 is 19.3. The predicted molar refractivity (Wildman–Crippen MR) is 93.0 cm³/mol. The molecular weight excluding hydrogens is 309 g/mol. The zero-order chi connectivity index (χ0) is 17.7. The molecule has 1 aromatic rings. The second-order valence-corrected chi connectivity index (χ2v) is 5.80. The van der Waals surface area contributed by atoms with Crippen molar-refractivity contribution in [1.82, 2.24) is 15.0 Å². The fraction of sp³-hybridized carbons (Fsp3) is 0.471. The van der Waals surface area contributed by atoms with Crippen LogP contribution in [0.25, 0.3) is 0 Å². The zero-order valence-corrected chi connectivity index (χ0v) is 14.5. The monoisotopic (exact) mass is 333 g/mol. The van der Waals surface area contributed by atoms with Gasteiger partial charge in [-0.05, 0) is 33.3 Å². The second-order valence-electron chi connectivity index (χ2n) is 5.80. The quantitative estimate of drug-likeness (QED) is 0.877. The molecule has 1 aliphatic heterocycles. The summed E-state index contributed by atoms with van der Waals surface area (Å²) in [4.78, 5) is 12.0. The maximum absolute atomic E-state index is 13.5. The first-order valence-electron chi connectivity index (χ1n) is 7.98. The van der Waals surface area contributed by atoms with Gasteiger partial charge in [-0.3, -0.25) is 0 Å². The summed E-state index contributed by atoms with van der Waals surface area (Å²) >= 11 is 0. The van der Waals surface area contributed by atoms with Gasteiger partial charge in [0.25, 0.3) is 0 Å². The summed E-state index contributed by atoms with van der Waals surface area (Å²) in [5.74, 6) is 1.16. The number of halogens is 1. The molecule has 130 valence electrons. The van der Waals surface area contributed by atoms with Gasteiger partial charge < -0.3 is 15.8 Å². The number of hydrogen-bond acceptors (Lipinski definition) is 6. The molecule has 3 N–H and O–H groups in total. The van der Waals surface area contributed by atoms with Crippen LogP contribution in [-0.4, -0.2) is 27.6 Å². The van der Waals surface area contributed by atoms with Gasteiger partial charge in [0.15, 0.2) is 12.0 Å². The lowest BCUT2D eigenvalue weighted by molar-refractivity contribution is 0.185. The number of aromatic nitrogens is 3. The highest BCUT2D eigenvalue weighted by Crippen LogP contribution is 2.29. The third kappa shape index (κ3) is 4.31. The number of alkyl halides is 1. The third-order valence-electron chi connectivity index (χ3n) is 3.54. The van der Waals surface area contributed by atoms with Crippen molar-refractivity contribution in [2.24, 2.45) is 0 Å². The van der Waals surface area contributed by atoms with E-state index in [9.17, 15) is 4.39 Å². The van der Waals surface area contributed by atoms with Gasteiger partial charge in [0, 0.05) is 12.0 Å². The molecule has 0 aromatic carbocycles. The molecule has 2 unspecified atom stereocenters. The van der Waals surface area contributed by atoms with Crippen molar-refractivity contribution in [3.63, 3.8) is 0 Å². The zero-order valence-electron chi connectivity index (χ0n) is 14.5. The molecule has 0 amide bonds. The largest absolute Gasteiger partial charge is 0.493 e. The Balaban J connectivity index is 2.34. The first kappa shape index (κ1) is 17.9. The highest BCUT2D eigenvalue weighted by molar-refractivity contribution is 5.44. The van der Waals surface area contributed by atoms with E-state index < -0.39 is 6.17 Å². The Bertz CT molecular complexity index is 678. The molecule has 2 rings (SSSR count). The van der Waals surface area contributed by atoms with E-state index in [1.165, 1.54) is 6.92 Å². The Hall–Kier alpha value is -2.44. The SMILES string of the molecule is C/C=C/C=C1\C(=C(C)C)OCCC1Nc1nc(N)nc(C(C)F)n1. The van der Waals surface area contributed by atoms with Crippen LogP contribution in [0.5, 0.6) is 0 Å². The minimum atomic E-state index is -1.31. The van der Waals surface area contributed by atoms with E-state index in [0.717, 1.165) is 23.3 Å². The molecule has 2 heterocycles. The number of allylic oxidation sites excluding steroid dienone is 4. The lowest BCUT2D eigenvalue weighted by Crippen LogP contribution is -2.31. The topological polar surface area (TPSA) is 86.0 Å². The molecule has 1 fully saturated rings. The first-order chi connectivity index (χ1) is 11.4. The van der Waals surface area contributed by atoms with Crippen LogP contribution in [0.2, 0.25) is 0 Å². The Labute approximate surface area is 141 Å². The summed E-state index contributed by atoms with van der Waals surface area (Å²) in [5, 5.41) is 3.24. The van der Waals surface area contributed by atoms with Gasteiger partial charge in [-0.2, -0.15) is 15.0 Å². The Kier molecular flexibility index (Phi) is 5.89. The number of nitrogens with two attached hydrogens (primary N) is 1. The number of nitrogens with one attached hydrogen (secondary N) is 1. The molecule has 0 radical (unpaired) electrons. The molecule has 1 aliphatic rings. The minimum Gasteiger partial charge on any atom is -0.493 e. The number of nitrogens with zero attached hydrogens (tertiary/aromatic N) is 3. The molecule has 24 heavy (non-hydrogen) atoms. The molecule has 2 atom stereocenters. The molecule has 6 nitrogen and oxygen atoms in total. The molecule has 1 saturated heterocycles.